The normalized spacial score (nSPS) is 15.7. The summed E-state index contributed by atoms with van der Waals surface area (Å²) in [5.74, 6) is -1.58. The van der Waals surface area contributed by atoms with E-state index in [0.717, 1.165) is 0 Å². The maximum Gasteiger partial charge on any atom is 0.426 e. The number of nitrogens with one attached hydrogen (secondary N) is 3. The molecule has 1 aromatic rings. The van der Waals surface area contributed by atoms with Crippen LogP contribution in [0.1, 0.15) is 31.1 Å². The molecular formula is C19H28N4O7S. The van der Waals surface area contributed by atoms with Crippen molar-refractivity contribution in [1.82, 2.24) is 20.5 Å². The highest BCUT2D eigenvalue weighted by Gasteiger charge is 2.28. The molecule has 0 aliphatic carbocycles. The van der Waals surface area contributed by atoms with E-state index in [4.69, 9.17) is 4.74 Å². The fourth-order valence-corrected chi connectivity index (χ4v) is 4.31. The second kappa shape index (κ2) is 11.1. The molecule has 1 fully saturated rings. The van der Waals surface area contributed by atoms with Crippen LogP contribution in [0.2, 0.25) is 0 Å². The summed E-state index contributed by atoms with van der Waals surface area (Å²) in [6.45, 7) is 6.28. The molecule has 0 unspecified atom stereocenters. The molecule has 3 N–H and O–H groups in total. The van der Waals surface area contributed by atoms with Crippen molar-refractivity contribution >= 4 is 27.9 Å². The molecule has 31 heavy (non-hydrogen) atoms. The molecule has 1 aromatic carbocycles. The van der Waals surface area contributed by atoms with Crippen molar-refractivity contribution in [3.8, 4) is 0 Å². The summed E-state index contributed by atoms with van der Waals surface area (Å²) in [5, 5.41) is 2.57. The van der Waals surface area contributed by atoms with Gasteiger partial charge in [-0.25, -0.2) is 18.6 Å². The van der Waals surface area contributed by atoms with E-state index in [-0.39, 0.29) is 36.1 Å². The molecular weight excluding hydrogens is 428 g/mol. The Hall–Kier alpha value is -2.70. The fourth-order valence-electron chi connectivity index (χ4n) is 2.85. The van der Waals surface area contributed by atoms with Crippen molar-refractivity contribution in [3.63, 3.8) is 0 Å². The number of carbonyl (C=O) groups excluding carboxylic acids is 3. The van der Waals surface area contributed by atoms with Crippen LogP contribution in [0.5, 0.6) is 0 Å². The molecule has 12 heteroatoms. The number of morpholine rings is 1. The van der Waals surface area contributed by atoms with Crippen molar-refractivity contribution < 1.29 is 32.3 Å². The van der Waals surface area contributed by atoms with Gasteiger partial charge in [0.15, 0.2) is 0 Å². The summed E-state index contributed by atoms with van der Waals surface area (Å²) in [6, 6.07) is 4.63. The van der Waals surface area contributed by atoms with Crippen LogP contribution >= 0.6 is 0 Å². The Morgan fingerprint density at radius 3 is 2.45 bits per heavy atom. The molecule has 1 atom stereocenters. The van der Waals surface area contributed by atoms with Crippen LogP contribution in [0.15, 0.2) is 29.2 Å². The third-order valence-electron chi connectivity index (χ3n) is 4.50. The molecule has 1 aliphatic rings. The molecule has 1 heterocycles. The highest BCUT2D eigenvalue weighted by Crippen LogP contribution is 2.18. The highest BCUT2D eigenvalue weighted by molar-refractivity contribution is 7.89. The molecule has 11 nitrogen and oxygen atoms in total. The Bertz CT molecular complexity index is 898. The Morgan fingerprint density at radius 1 is 1.16 bits per heavy atom. The third kappa shape index (κ3) is 6.64. The number of amides is 3. The van der Waals surface area contributed by atoms with Gasteiger partial charge < -0.3 is 14.8 Å². The van der Waals surface area contributed by atoms with Crippen LogP contribution < -0.4 is 16.2 Å². The molecule has 2 rings (SSSR count). The Kier molecular flexibility index (Phi) is 8.77. The average Bonchev–Trinajstić information content (AvgIpc) is 2.76. The lowest BCUT2D eigenvalue weighted by Crippen LogP contribution is -2.54. The van der Waals surface area contributed by atoms with Gasteiger partial charge in [0, 0.05) is 18.7 Å². The first-order valence-corrected chi connectivity index (χ1v) is 11.3. The SMILES string of the molecule is CCOC(=O)NNC(=O)[C@@H](NC(=O)c1cccc(S(=O)(=O)N2CCOCC2)c1)C(C)C. The third-order valence-corrected chi connectivity index (χ3v) is 6.40. The average molecular weight is 457 g/mol. The minimum atomic E-state index is -3.77. The summed E-state index contributed by atoms with van der Waals surface area (Å²) in [6.07, 6.45) is -0.828. The molecule has 0 saturated carbocycles. The Morgan fingerprint density at radius 2 is 1.84 bits per heavy atom. The number of nitrogens with zero attached hydrogens (tertiary/aromatic N) is 1. The standard InChI is InChI=1S/C19H28N4O7S/c1-4-30-19(26)22-21-18(25)16(13(2)3)20-17(24)14-6-5-7-15(12-14)31(27,28)23-8-10-29-11-9-23/h5-7,12-13,16H,4,8-11H2,1-3H3,(H,20,24)(H,21,25)(H,22,26)/t16-/m0/s1. The van der Waals surface area contributed by atoms with Crippen molar-refractivity contribution in [2.45, 2.75) is 31.7 Å². The maximum atomic E-state index is 12.8. The van der Waals surface area contributed by atoms with Crippen molar-refractivity contribution in [2.75, 3.05) is 32.9 Å². The molecule has 0 aromatic heterocycles. The monoisotopic (exact) mass is 456 g/mol. The highest BCUT2D eigenvalue weighted by atomic mass is 32.2. The predicted molar refractivity (Wildman–Crippen MR) is 110 cm³/mol. The van der Waals surface area contributed by atoms with E-state index in [1.807, 2.05) is 0 Å². The van der Waals surface area contributed by atoms with Gasteiger partial charge in [-0.1, -0.05) is 19.9 Å². The second-order valence-electron chi connectivity index (χ2n) is 7.07. The number of benzene rings is 1. The molecule has 0 radical (unpaired) electrons. The van der Waals surface area contributed by atoms with E-state index in [9.17, 15) is 22.8 Å². The first-order chi connectivity index (χ1) is 14.7. The number of carbonyl (C=O) groups is 3. The smallest absolute Gasteiger partial charge is 0.426 e. The number of rotatable bonds is 7. The van der Waals surface area contributed by atoms with E-state index >= 15 is 0 Å². The lowest BCUT2D eigenvalue weighted by atomic mass is 10.0. The number of ether oxygens (including phenoxy) is 2. The van der Waals surface area contributed by atoms with Crippen molar-refractivity contribution in [3.05, 3.63) is 29.8 Å². The Labute approximate surface area is 181 Å². The zero-order chi connectivity index (χ0) is 23.0. The zero-order valence-corrected chi connectivity index (χ0v) is 18.5. The largest absolute Gasteiger partial charge is 0.449 e. The van der Waals surface area contributed by atoms with E-state index < -0.39 is 34.0 Å². The predicted octanol–water partition coefficient (Wildman–Crippen LogP) is 0.239. The summed E-state index contributed by atoms with van der Waals surface area (Å²) in [4.78, 5) is 36.4. The summed E-state index contributed by atoms with van der Waals surface area (Å²) < 4.78 is 36.8. The first-order valence-electron chi connectivity index (χ1n) is 9.88. The van der Waals surface area contributed by atoms with Gasteiger partial charge in [0.25, 0.3) is 11.8 Å². The Balaban J connectivity index is 2.11. The van der Waals surface area contributed by atoms with Gasteiger partial charge in [-0.2, -0.15) is 4.31 Å². The van der Waals surface area contributed by atoms with Crippen LogP contribution in [0.3, 0.4) is 0 Å². The van der Waals surface area contributed by atoms with Crippen LogP contribution in [-0.4, -0.2) is 69.6 Å². The molecule has 1 aliphatic heterocycles. The fraction of sp³-hybridized carbons (Fsp3) is 0.526. The summed E-state index contributed by atoms with van der Waals surface area (Å²) >= 11 is 0. The van der Waals surface area contributed by atoms with E-state index in [2.05, 4.69) is 20.9 Å². The van der Waals surface area contributed by atoms with Crippen LogP contribution in [-0.2, 0) is 24.3 Å². The minimum absolute atomic E-state index is 0.0171. The molecule has 172 valence electrons. The van der Waals surface area contributed by atoms with Crippen LogP contribution in [0, 0.1) is 5.92 Å². The lowest BCUT2D eigenvalue weighted by molar-refractivity contribution is -0.124. The number of hydrogen-bond acceptors (Lipinski definition) is 7. The number of hydrazine groups is 1. The maximum absolute atomic E-state index is 12.8. The van der Waals surface area contributed by atoms with Crippen LogP contribution in [0.25, 0.3) is 0 Å². The van der Waals surface area contributed by atoms with E-state index in [1.165, 1.54) is 28.6 Å². The number of sulfonamides is 1. The zero-order valence-electron chi connectivity index (χ0n) is 17.7. The van der Waals surface area contributed by atoms with Gasteiger partial charge in [-0.15, -0.1) is 0 Å². The molecule has 0 bridgehead atoms. The van der Waals surface area contributed by atoms with E-state index in [1.54, 1.807) is 20.8 Å². The van der Waals surface area contributed by atoms with Gasteiger partial charge in [0.05, 0.1) is 24.7 Å². The van der Waals surface area contributed by atoms with E-state index in [0.29, 0.717) is 13.2 Å². The topological polar surface area (TPSA) is 143 Å². The second-order valence-corrected chi connectivity index (χ2v) is 9.01. The van der Waals surface area contributed by atoms with Crippen molar-refractivity contribution in [1.29, 1.82) is 0 Å². The minimum Gasteiger partial charge on any atom is -0.449 e. The van der Waals surface area contributed by atoms with Gasteiger partial charge in [0.1, 0.15) is 6.04 Å². The molecule has 0 spiro atoms. The molecule has 1 saturated heterocycles. The molecule has 3 amide bonds. The summed E-state index contributed by atoms with van der Waals surface area (Å²) in [5.41, 5.74) is 4.37. The van der Waals surface area contributed by atoms with Gasteiger partial charge in [-0.05, 0) is 31.0 Å². The first kappa shape index (κ1) is 24.6. The van der Waals surface area contributed by atoms with Gasteiger partial charge in [-0.3, -0.25) is 15.0 Å². The quantitative estimate of drug-likeness (QED) is 0.499. The summed E-state index contributed by atoms with van der Waals surface area (Å²) in [7, 11) is -3.77. The van der Waals surface area contributed by atoms with Gasteiger partial charge in [0.2, 0.25) is 10.0 Å². The lowest BCUT2D eigenvalue weighted by Gasteiger charge is -2.26. The van der Waals surface area contributed by atoms with Crippen molar-refractivity contribution in [2.24, 2.45) is 5.92 Å². The van der Waals surface area contributed by atoms with Gasteiger partial charge >= 0.3 is 6.09 Å². The number of hydrogen-bond donors (Lipinski definition) is 3. The van der Waals surface area contributed by atoms with Crippen LogP contribution in [0.4, 0.5) is 4.79 Å².